The molecule has 0 heterocycles. The summed E-state index contributed by atoms with van der Waals surface area (Å²) in [6.45, 7) is 2.28. The van der Waals surface area contributed by atoms with Gasteiger partial charge in [-0.25, -0.2) is 0 Å². The summed E-state index contributed by atoms with van der Waals surface area (Å²) in [6.07, 6.45) is 7.17. The Bertz CT molecular complexity index is 84.7. The Morgan fingerprint density at radius 1 is 1.30 bits per heavy atom. The van der Waals surface area contributed by atoms with Gasteiger partial charge in [0.1, 0.15) is 0 Å². The molecule has 0 amide bonds. The highest BCUT2D eigenvalue weighted by atomic mass is 35.5. The third kappa shape index (κ3) is 2.16. The van der Waals surface area contributed by atoms with Gasteiger partial charge in [-0.15, -0.1) is 11.6 Å². The van der Waals surface area contributed by atoms with E-state index in [-0.39, 0.29) is 0 Å². The first kappa shape index (κ1) is 8.39. The molecular formula is C9H17Cl. The van der Waals surface area contributed by atoms with Crippen LogP contribution in [0, 0.1) is 11.8 Å². The Labute approximate surface area is 69.0 Å². The average molecular weight is 161 g/mol. The van der Waals surface area contributed by atoms with Crippen molar-refractivity contribution in [2.24, 2.45) is 11.8 Å². The molecule has 0 aromatic carbocycles. The highest BCUT2D eigenvalue weighted by Gasteiger charge is 2.18. The van der Waals surface area contributed by atoms with Gasteiger partial charge in [-0.1, -0.05) is 39.0 Å². The third-order valence-electron chi connectivity index (χ3n) is 2.70. The van der Waals surface area contributed by atoms with Crippen LogP contribution in [0.4, 0.5) is 0 Å². The zero-order chi connectivity index (χ0) is 7.40. The van der Waals surface area contributed by atoms with E-state index in [4.69, 9.17) is 11.6 Å². The zero-order valence-electron chi connectivity index (χ0n) is 6.78. The van der Waals surface area contributed by atoms with Crippen molar-refractivity contribution in [3.05, 3.63) is 0 Å². The molecule has 0 aliphatic heterocycles. The molecule has 1 unspecified atom stereocenters. The molecule has 1 atom stereocenters. The molecule has 1 fully saturated rings. The lowest BCUT2D eigenvalue weighted by Crippen LogP contribution is -2.16. The largest absolute Gasteiger partial charge is 0.126 e. The fourth-order valence-electron chi connectivity index (χ4n) is 1.83. The minimum absolute atomic E-state index is 0.752. The Morgan fingerprint density at radius 2 is 1.90 bits per heavy atom. The van der Waals surface area contributed by atoms with Gasteiger partial charge in [0.25, 0.3) is 0 Å². The fourth-order valence-corrected chi connectivity index (χ4v) is 2.08. The van der Waals surface area contributed by atoms with E-state index in [1.54, 1.807) is 0 Å². The van der Waals surface area contributed by atoms with Gasteiger partial charge in [-0.2, -0.15) is 0 Å². The number of alkyl halides is 1. The topological polar surface area (TPSA) is 0 Å². The molecule has 1 aliphatic rings. The van der Waals surface area contributed by atoms with E-state index in [1.807, 2.05) is 0 Å². The molecule has 10 heavy (non-hydrogen) atoms. The monoisotopic (exact) mass is 160 g/mol. The molecule has 0 saturated heterocycles. The fraction of sp³-hybridized carbons (Fsp3) is 1.00. The number of hydrogen-bond donors (Lipinski definition) is 0. The molecule has 1 saturated carbocycles. The Hall–Kier alpha value is 0.290. The SMILES string of the molecule is CC(CCl)C1CCCCC1. The van der Waals surface area contributed by atoms with Crippen molar-refractivity contribution in [2.75, 3.05) is 5.88 Å². The van der Waals surface area contributed by atoms with Gasteiger partial charge < -0.3 is 0 Å². The second-order valence-electron chi connectivity index (χ2n) is 3.53. The zero-order valence-corrected chi connectivity index (χ0v) is 7.53. The third-order valence-corrected chi connectivity index (χ3v) is 3.18. The maximum absolute atomic E-state index is 5.79. The van der Waals surface area contributed by atoms with Gasteiger partial charge in [0, 0.05) is 5.88 Å². The summed E-state index contributed by atoms with van der Waals surface area (Å²) in [7, 11) is 0. The van der Waals surface area contributed by atoms with Gasteiger partial charge in [0.05, 0.1) is 0 Å². The molecule has 0 N–H and O–H groups in total. The van der Waals surface area contributed by atoms with E-state index in [1.165, 1.54) is 32.1 Å². The van der Waals surface area contributed by atoms with Gasteiger partial charge in [0.2, 0.25) is 0 Å². The lowest BCUT2D eigenvalue weighted by atomic mass is 9.82. The van der Waals surface area contributed by atoms with Crippen molar-refractivity contribution in [3.8, 4) is 0 Å². The summed E-state index contributed by atoms with van der Waals surface area (Å²) >= 11 is 5.79. The Balaban J connectivity index is 2.24. The molecule has 0 radical (unpaired) electrons. The van der Waals surface area contributed by atoms with Crippen molar-refractivity contribution >= 4 is 11.6 Å². The first-order chi connectivity index (χ1) is 4.84. The van der Waals surface area contributed by atoms with Crippen molar-refractivity contribution < 1.29 is 0 Å². The van der Waals surface area contributed by atoms with Crippen LogP contribution in [0.2, 0.25) is 0 Å². The van der Waals surface area contributed by atoms with Gasteiger partial charge in [0.15, 0.2) is 0 Å². The summed E-state index contributed by atoms with van der Waals surface area (Å²) in [5, 5.41) is 0. The molecular weight excluding hydrogens is 144 g/mol. The molecule has 0 aromatic heterocycles. The first-order valence-electron chi connectivity index (χ1n) is 4.40. The van der Waals surface area contributed by atoms with E-state index in [2.05, 4.69) is 6.92 Å². The number of hydrogen-bond acceptors (Lipinski definition) is 0. The summed E-state index contributed by atoms with van der Waals surface area (Å²) in [5.41, 5.74) is 0. The van der Waals surface area contributed by atoms with E-state index >= 15 is 0 Å². The van der Waals surface area contributed by atoms with Crippen molar-refractivity contribution in [1.29, 1.82) is 0 Å². The van der Waals surface area contributed by atoms with Gasteiger partial charge in [-0.3, -0.25) is 0 Å². The number of halogens is 1. The van der Waals surface area contributed by atoms with E-state index in [0.29, 0.717) is 0 Å². The van der Waals surface area contributed by atoms with E-state index in [9.17, 15) is 0 Å². The molecule has 60 valence electrons. The standard InChI is InChI=1S/C9H17Cl/c1-8(7-10)9-5-3-2-4-6-9/h8-9H,2-7H2,1H3. The van der Waals surface area contributed by atoms with E-state index in [0.717, 1.165) is 17.7 Å². The first-order valence-corrected chi connectivity index (χ1v) is 4.94. The maximum atomic E-state index is 5.79. The van der Waals surface area contributed by atoms with Crippen molar-refractivity contribution in [1.82, 2.24) is 0 Å². The predicted octanol–water partition coefficient (Wildman–Crippen LogP) is 3.44. The average Bonchev–Trinajstić information content (AvgIpc) is 2.05. The summed E-state index contributed by atoms with van der Waals surface area (Å²) < 4.78 is 0. The smallest absolute Gasteiger partial charge is 0.0251 e. The van der Waals surface area contributed by atoms with Crippen LogP contribution in [0.15, 0.2) is 0 Å². The van der Waals surface area contributed by atoms with Gasteiger partial charge in [-0.05, 0) is 11.8 Å². The minimum atomic E-state index is 0.752. The van der Waals surface area contributed by atoms with Crippen LogP contribution in [0.5, 0.6) is 0 Å². The molecule has 0 bridgehead atoms. The summed E-state index contributed by atoms with van der Waals surface area (Å²) in [5.74, 6) is 2.54. The quantitative estimate of drug-likeness (QED) is 0.543. The second-order valence-corrected chi connectivity index (χ2v) is 3.84. The van der Waals surface area contributed by atoms with Crippen molar-refractivity contribution in [3.63, 3.8) is 0 Å². The van der Waals surface area contributed by atoms with Crippen LogP contribution in [-0.4, -0.2) is 5.88 Å². The lowest BCUT2D eigenvalue weighted by Gasteiger charge is -2.25. The van der Waals surface area contributed by atoms with Gasteiger partial charge >= 0.3 is 0 Å². The minimum Gasteiger partial charge on any atom is -0.126 e. The molecule has 0 aromatic rings. The molecule has 1 rings (SSSR count). The molecule has 0 spiro atoms. The van der Waals surface area contributed by atoms with Crippen LogP contribution in [0.1, 0.15) is 39.0 Å². The van der Waals surface area contributed by atoms with Crippen LogP contribution in [-0.2, 0) is 0 Å². The maximum Gasteiger partial charge on any atom is 0.0251 e. The Morgan fingerprint density at radius 3 is 2.40 bits per heavy atom. The van der Waals surface area contributed by atoms with Crippen LogP contribution < -0.4 is 0 Å². The van der Waals surface area contributed by atoms with Crippen LogP contribution in [0.3, 0.4) is 0 Å². The normalized spacial score (nSPS) is 24.6. The molecule has 1 aliphatic carbocycles. The molecule has 0 nitrogen and oxygen atoms in total. The van der Waals surface area contributed by atoms with Crippen molar-refractivity contribution in [2.45, 2.75) is 39.0 Å². The van der Waals surface area contributed by atoms with Crippen LogP contribution in [0.25, 0.3) is 0 Å². The number of rotatable bonds is 2. The van der Waals surface area contributed by atoms with E-state index < -0.39 is 0 Å². The summed E-state index contributed by atoms with van der Waals surface area (Å²) in [6, 6.07) is 0. The lowest BCUT2D eigenvalue weighted by molar-refractivity contribution is 0.281. The Kier molecular flexibility index (Phi) is 3.55. The molecule has 1 heteroatoms. The highest BCUT2D eigenvalue weighted by molar-refractivity contribution is 6.18. The van der Waals surface area contributed by atoms with Crippen LogP contribution >= 0.6 is 11.6 Å². The predicted molar refractivity (Wildman–Crippen MR) is 46.5 cm³/mol. The second kappa shape index (κ2) is 4.23. The summed E-state index contributed by atoms with van der Waals surface area (Å²) in [4.78, 5) is 0. The highest BCUT2D eigenvalue weighted by Crippen LogP contribution is 2.30.